The van der Waals surface area contributed by atoms with Crippen LogP contribution in [0.1, 0.15) is 29.7 Å². The second kappa shape index (κ2) is 6.04. The highest BCUT2D eigenvalue weighted by molar-refractivity contribution is 5.46. The van der Waals surface area contributed by atoms with Gasteiger partial charge in [0.15, 0.2) is 11.6 Å². The lowest BCUT2D eigenvalue weighted by Gasteiger charge is -2.14. The van der Waals surface area contributed by atoms with E-state index in [-0.39, 0.29) is 17.1 Å². The fourth-order valence-electron chi connectivity index (χ4n) is 1.81. The number of hydrogen-bond donors (Lipinski definition) is 1. The lowest BCUT2D eigenvalue weighted by atomic mass is 10.1. The Hall–Kier alpha value is -2.89. The largest absolute Gasteiger partial charge is 0.454 e. The molecule has 0 aliphatic carbocycles. The summed E-state index contributed by atoms with van der Waals surface area (Å²) in [5, 5.41) is 27.3. The molecular weight excluding hydrogens is 271 g/mol. The molecular formula is C16H11FN2O2. The van der Waals surface area contributed by atoms with Crippen molar-refractivity contribution in [3.63, 3.8) is 0 Å². The molecule has 1 N–H and O–H groups in total. The quantitative estimate of drug-likeness (QED) is 0.935. The molecule has 0 radical (unpaired) electrons. The number of benzene rings is 2. The Bertz CT molecular complexity index is 758. The van der Waals surface area contributed by atoms with Gasteiger partial charge in [-0.05, 0) is 37.3 Å². The molecule has 2 aromatic rings. The van der Waals surface area contributed by atoms with Crippen LogP contribution in [0.2, 0.25) is 0 Å². The highest BCUT2D eigenvalue weighted by Crippen LogP contribution is 2.32. The Morgan fingerprint density at radius 2 is 1.67 bits per heavy atom. The predicted octanol–water partition coefficient (Wildman–Crippen LogP) is 3.41. The van der Waals surface area contributed by atoms with Crippen LogP contribution in [0.25, 0.3) is 0 Å². The molecule has 2 rings (SSSR count). The zero-order valence-corrected chi connectivity index (χ0v) is 11.2. The van der Waals surface area contributed by atoms with E-state index in [1.165, 1.54) is 18.2 Å². The number of nitriles is 2. The molecule has 0 heterocycles. The number of aliphatic hydroxyl groups excluding tert-OH is 1. The van der Waals surface area contributed by atoms with E-state index < -0.39 is 11.9 Å². The Morgan fingerprint density at radius 1 is 1.05 bits per heavy atom. The van der Waals surface area contributed by atoms with Crippen LogP contribution in [-0.4, -0.2) is 5.11 Å². The molecule has 0 fully saturated rings. The zero-order valence-electron chi connectivity index (χ0n) is 11.2. The molecule has 0 aliphatic heterocycles. The van der Waals surface area contributed by atoms with Crippen LogP contribution in [0.15, 0.2) is 36.4 Å². The van der Waals surface area contributed by atoms with Gasteiger partial charge in [0.1, 0.15) is 5.75 Å². The van der Waals surface area contributed by atoms with Gasteiger partial charge in [0, 0.05) is 5.56 Å². The van der Waals surface area contributed by atoms with E-state index in [2.05, 4.69) is 0 Å². The van der Waals surface area contributed by atoms with Crippen molar-refractivity contribution in [2.75, 3.05) is 0 Å². The van der Waals surface area contributed by atoms with Crippen molar-refractivity contribution in [3.05, 3.63) is 58.9 Å². The van der Waals surface area contributed by atoms with Gasteiger partial charge in [-0.25, -0.2) is 4.39 Å². The molecule has 21 heavy (non-hydrogen) atoms. The zero-order chi connectivity index (χ0) is 15.4. The third-order valence-electron chi connectivity index (χ3n) is 2.87. The highest BCUT2D eigenvalue weighted by Gasteiger charge is 2.13. The van der Waals surface area contributed by atoms with Crippen molar-refractivity contribution in [1.82, 2.24) is 0 Å². The van der Waals surface area contributed by atoms with Gasteiger partial charge >= 0.3 is 0 Å². The van der Waals surface area contributed by atoms with Crippen molar-refractivity contribution in [2.45, 2.75) is 13.0 Å². The maximum Gasteiger partial charge on any atom is 0.167 e. The molecule has 0 unspecified atom stereocenters. The van der Waals surface area contributed by atoms with E-state index >= 15 is 0 Å². The second-order valence-electron chi connectivity index (χ2n) is 4.40. The SMILES string of the molecule is C[C@H](O)c1ccc(C#N)cc1Oc1ccc(C#N)cc1F. The molecule has 0 saturated heterocycles. The fourth-order valence-corrected chi connectivity index (χ4v) is 1.81. The third kappa shape index (κ3) is 3.17. The molecule has 1 atom stereocenters. The predicted molar refractivity (Wildman–Crippen MR) is 73.0 cm³/mol. The lowest BCUT2D eigenvalue weighted by Crippen LogP contribution is -1.98. The summed E-state index contributed by atoms with van der Waals surface area (Å²) in [5.74, 6) is -0.563. The first-order chi connectivity index (χ1) is 10.0. The van der Waals surface area contributed by atoms with E-state index in [1.807, 2.05) is 12.1 Å². The average molecular weight is 282 g/mol. The minimum absolute atomic E-state index is 0.0778. The first-order valence-electron chi connectivity index (χ1n) is 6.14. The van der Waals surface area contributed by atoms with Crippen LogP contribution in [0, 0.1) is 28.5 Å². The summed E-state index contributed by atoms with van der Waals surface area (Å²) in [5.41, 5.74) is 0.961. The van der Waals surface area contributed by atoms with Crippen molar-refractivity contribution in [1.29, 1.82) is 10.5 Å². The minimum Gasteiger partial charge on any atom is -0.454 e. The molecule has 0 aromatic heterocycles. The summed E-state index contributed by atoms with van der Waals surface area (Å²) in [7, 11) is 0. The maximum absolute atomic E-state index is 13.8. The molecule has 0 bridgehead atoms. The van der Waals surface area contributed by atoms with Crippen molar-refractivity contribution in [2.24, 2.45) is 0 Å². The normalized spacial score (nSPS) is 11.3. The molecule has 104 valence electrons. The van der Waals surface area contributed by atoms with Gasteiger partial charge in [-0.1, -0.05) is 6.07 Å². The number of halogens is 1. The number of aliphatic hydroxyl groups is 1. The number of nitrogens with zero attached hydrogens (tertiary/aromatic N) is 2. The van der Waals surface area contributed by atoms with Crippen LogP contribution >= 0.6 is 0 Å². The monoisotopic (exact) mass is 282 g/mol. The molecule has 0 amide bonds. The first kappa shape index (κ1) is 14.5. The summed E-state index contributed by atoms with van der Waals surface area (Å²) in [6.07, 6.45) is -0.825. The van der Waals surface area contributed by atoms with Crippen LogP contribution < -0.4 is 4.74 Å². The van der Waals surface area contributed by atoms with Crippen molar-refractivity contribution < 1.29 is 14.2 Å². The molecule has 0 spiro atoms. The van der Waals surface area contributed by atoms with Gasteiger partial charge in [-0.3, -0.25) is 0 Å². The Morgan fingerprint density at radius 3 is 2.24 bits per heavy atom. The summed E-state index contributed by atoms with van der Waals surface area (Å²) in [6, 6.07) is 12.1. The summed E-state index contributed by atoms with van der Waals surface area (Å²) >= 11 is 0. The Balaban J connectivity index is 2.43. The minimum atomic E-state index is -0.825. The molecule has 2 aromatic carbocycles. The van der Waals surface area contributed by atoms with E-state index in [0.29, 0.717) is 11.1 Å². The lowest BCUT2D eigenvalue weighted by molar-refractivity contribution is 0.195. The summed E-state index contributed by atoms with van der Waals surface area (Å²) in [6.45, 7) is 1.55. The molecule has 0 saturated carbocycles. The van der Waals surface area contributed by atoms with E-state index in [9.17, 15) is 9.50 Å². The maximum atomic E-state index is 13.8. The first-order valence-corrected chi connectivity index (χ1v) is 6.14. The summed E-state index contributed by atoms with van der Waals surface area (Å²) in [4.78, 5) is 0. The number of hydrogen-bond acceptors (Lipinski definition) is 4. The Labute approximate surface area is 121 Å². The van der Waals surface area contributed by atoms with Gasteiger partial charge in [0.25, 0.3) is 0 Å². The van der Waals surface area contributed by atoms with Crippen LogP contribution in [0.4, 0.5) is 4.39 Å². The Kier molecular flexibility index (Phi) is 4.18. The molecule has 5 heteroatoms. The second-order valence-corrected chi connectivity index (χ2v) is 4.40. The number of rotatable bonds is 3. The van der Waals surface area contributed by atoms with Gasteiger partial charge < -0.3 is 9.84 Å². The average Bonchev–Trinajstić information content (AvgIpc) is 2.48. The molecule has 4 nitrogen and oxygen atoms in total. The number of ether oxygens (including phenoxy) is 1. The van der Waals surface area contributed by atoms with E-state index in [0.717, 1.165) is 6.07 Å². The smallest absolute Gasteiger partial charge is 0.167 e. The molecule has 0 aliphatic rings. The van der Waals surface area contributed by atoms with Gasteiger partial charge in [0.05, 0.1) is 29.4 Å². The van der Waals surface area contributed by atoms with Gasteiger partial charge in [0.2, 0.25) is 0 Å². The highest BCUT2D eigenvalue weighted by atomic mass is 19.1. The van der Waals surface area contributed by atoms with Crippen LogP contribution in [0.3, 0.4) is 0 Å². The van der Waals surface area contributed by atoms with Gasteiger partial charge in [-0.2, -0.15) is 10.5 Å². The van der Waals surface area contributed by atoms with Crippen molar-refractivity contribution in [3.8, 4) is 23.6 Å². The fraction of sp³-hybridized carbons (Fsp3) is 0.125. The van der Waals surface area contributed by atoms with Crippen molar-refractivity contribution >= 4 is 0 Å². The van der Waals surface area contributed by atoms with Crippen LogP contribution in [0.5, 0.6) is 11.5 Å². The topological polar surface area (TPSA) is 77.0 Å². The van der Waals surface area contributed by atoms with Gasteiger partial charge in [-0.15, -0.1) is 0 Å². The third-order valence-corrected chi connectivity index (χ3v) is 2.87. The van der Waals surface area contributed by atoms with E-state index in [1.54, 1.807) is 19.1 Å². The van der Waals surface area contributed by atoms with E-state index in [4.69, 9.17) is 15.3 Å². The summed E-state index contributed by atoms with van der Waals surface area (Å²) < 4.78 is 19.3. The standard InChI is InChI=1S/C16H11FN2O2/c1-10(20)13-4-2-12(9-19)7-16(13)21-15-5-3-11(8-18)6-14(15)17/h2-7,10,20H,1H3/t10-/m0/s1. The van der Waals surface area contributed by atoms with Crippen LogP contribution in [-0.2, 0) is 0 Å².